The lowest BCUT2D eigenvalue weighted by molar-refractivity contribution is -0.140. The van der Waals surface area contributed by atoms with Crippen LogP contribution in [0, 0.1) is 0 Å². The fraction of sp³-hybridized carbons (Fsp3) is 0.727. The standard InChI is InChI=1S/C11H19N3O5/c1-13(8-2-4-12-5-3-8)11(19)14(6-9(15)16)7-10(17)18/h8,12H,2-7H2,1H3,(H,15,16)(H,17,18). The van der Waals surface area contributed by atoms with Gasteiger partial charge in [0.05, 0.1) is 0 Å². The van der Waals surface area contributed by atoms with Crippen LogP contribution >= 0.6 is 0 Å². The number of carbonyl (C=O) groups is 3. The molecule has 1 aliphatic rings. The number of carbonyl (C=O) groups excluding carboxylic acids is 1. The zero-order chi connectivity index (χ0) is 14.4. The Hall–Kier alpha value is -1.83. The molecular formula is C11H19N3O5. The monoisotopic (exact) mass is 273 g/mol. The van der Waals surface area contributed by atoms with E-state index in [0.29, 0.717) is 0 Å². The molecule has 108 valence electrons. The van der Waals surface area contributed by atoms with E-state index in [-0.39, 0.29) is 6.04 Å². The molecule has 1 rings (SSSR count). The average Bonchev–Trinajstić information content (AvgIpc) is 2.36. The van der Waals surface area contributed by atoms with Gasteiger partial charge in [-0.3, -0.25) is 9.59 Å². The number of nitrogens with one attached hydrogen (secondary N) is 1. The lowest BCUT2D eigenvalue weighted by Gasteiger charge is -2.34. The van der Waals surface area contributed by atoms with Crippen LogP contribution in [0.15, 0.2) is 0 Å². The van der Waals surface area contributed by atoms with Crippen molar-refractivity contribution < 1.29 is 24.6 Å². The van der Waals surface area contributed by atoms with Crippen LogP contribution in [0.25, 0.3) is 0 Å². The predicted octanol–water partition coefficient (Wildman–Crippen LogP) is -0.739. The Balaban J connectivity index is 2.67. The molecule has 0 bridgehead atoms. The smallest absolute Gasteiger partial charge is 0.323 e. The van der Waals surface area contributed by atoms with Crippen LogP contribution in [-0.2, 0) is 9.59 Å². The van der Waals surface area contributed by atoms with Gasteiger partial charge in [-0.15, -0.1) is 0 Å². The van der Waals surface area contributed by atoms with Crippen molar-refractivity contribution in [3.63, 3.8) is 0 Å². The molecule has 8 heteroatoms. The predicted molar refractivity (Wildman–Crippen MR) is 65.9 cm³/mol. The molecule has 0 radical (unpaired) electrons. The number of nitrogens with zero attached hydrogens (tertiary/aromatic N) is 2. The van der Waals surface area contributed by atoms with Crippen molar-refractivity contribution in [2.24, 2.45) is 0 Å². The van der Waals surface area contributed by atoms with Crippen LogP contribution in [0.2, 0.25) is 0 Å². The van der Waals surface area contributed by atoms with E-state index in [1.807, 2.05) is 0 Å². The molecule has 8 nitrogen and oxygen atoms in total. The summed E-state index contributed by atoms with van der Waals surface area (Å²) >= 11 is 0. The van der Waals surface area contributed by atoms with Gasteiger partial charge in [-0.1, -0.05) is 0 Å². The topological polar surface area (TPSA) is 110 Å². The summed E-state index contributed by atoms with van der Waals surface area (Å²) in [6.07, 6.45) is 1.55. The summed E-state index contributed by atoms with van der Waals surface area (Å²) in [5, 5.41) is 20.6. The van der Waals surface area contributed by atoms with Crippen molar-refractivity contribution in [3.8, 4) is 0 Å². The van der Waals surface area contributed by atoms with E-state index in [2.05, 4.69) is 5.32 Å². The number of hydrogen-bond donors (Lipinski definition) is 3. The first-order chi connectivity index (χ1) is 8.91. The van der Waals surface area contributed by atoms with Crippen LogP contribution in [-0.4, -0.2) is 77.3 Å². The second-order valence-electron chi connectivity index (χ2n) is 4.52. The van der Waals surface area contributed by atoms with Gasteiger partial charge in [0.15, 0.2) is 0 Å². The number of rotatable bonds is 5. The van der Waals surface area contributed by atoms with Gasteiger partial charge in [-0.05, 0) is 25.9 Å². The summed E-state index contributed by atoms with van der Waals surface area (Å²) < 4.78 is 0. The molecule has 0 unspecified atom stereocenters. The van der Waals surface area contributed by atoms with Crippen molar-refractivity contribution in [1.29, 1.82) is 0 Å². The minimum absolute atomic E-state index is 0.0128. The number of carboxylic acids is 2. The number of aliphatic carboxylic acids is 2. The average molecular weight is 273 g/mol. The zero-order valence-corrected chi connectivity index (χ0v) is 10.8. The van der Waals surface area contributed by atoms with E-state index in [1.54, 1.807) is 7.05 Å². The second-order valence-corrected chi connectivity index (χ2v) is 4.52. The highest BCUT2D eigenvalue weighted by Gasteiger charge is 2.28. The van der Waals surface area contributed by atoms with Gasteiger partial charge < -0.3 is 25.3 Å². The maximum Gasteiger partial charge on any atom is 0.323 e. The van der Waals surface area contributed by atoms with Gasteiger partial charge in [0.25, 0.3) is 0 Å². The molecule has 0 aromatic rings. The Morgan fingerprint density at radius 1 is 1.11 bits per heavy atom. The van der Waals surface area contributed by atoms with Gasteiger partial charge in [-0.2, -0.15) is 0 Å². The van der Waals surface area contributed by atoms with Gasteiger partial charge in [0.1, 0.15) is 13.1 Å². The molecular weight excluding hydrogens is 254 g/mol. The largest absolute Gasteiger partial charge is 0.480 e. The molecule has 1 aliphatic heterocycles. The SMILES string of the molecule is CN(C(=O)N(CC(=O)O)CC(=O)O)C1CCNCC1. The fourth-order valence-corrected chi connectivity index (χ4v) is 2.09. The normalized spacial score (nSPS) is 15.8. The molecule has 0 aliphatic carbocycles. The first-order valence-electron chi connectivity index (χ1n) is 6.08. The minimum Gasteiger partial charge on any atom is -0.480 e. The van der Waals surface area contributed by atoms with Crippen molar-refractivity contribution in [3.05, 3.63) is 0 Å². The van der Waals surface area contributed by atoms with Crippen LogP contribution < -0.4 is 5.32 Å². The minimum atomic E-state index is -1.23. The Morgan fingerprint density at radius 3 is 2.00 bits per heavy atom. The van der Waals surface area contributed by atoms with E-state index in [1.165, 1.54) is 4.90 Å². The highest BCUT2D eigenvalue weighted by molar-refractivity contribution is 5.84. The zero-order valence-electron chi connectivity index (χ0n) is 10.8. The van der Waals surface area contributed by atoms with Gasteiger partial charge in [0, 0.05) is 13.1 Å². The molecule has 0 aromatic heterocycles. The van der Waals surface area contributed by atoms with Crippen molar-refractivity contribution in [2.75, 3.05) is 33.2 Å². The summed E-state index contributed by atoms with van der Waals surface area (Å²) in [6, 6.07) is -0.546. The number of piperidine rings is 1. The Bertz CT molecular complexity index is 338. The molecule has 2 amide bonds. The van der Waals surface area contributed by atoms with E-state index >= 15 is 0 Å². The quantitative estimate of drug-likeness (QED) is 0.608. The number of carboxylic acid groups (broad SMARTS) is 2. The first-order valence-corrected chi connectivity index (χ1v) is 6.08. The lowest BCUT2D eigenvalue weighted by Crippen LogP contribution is -2.51. The molecule has 1 fully saturated rings. The molecule has 19 heavy (non-hydrogen) atoms. The Kier molecular flexibility index (Phi) is 5.56. The van der Waals surface area contributed by atoms with Gasteiger partial charge in [-0.25, -0.2) is 4.79 Å². The number of hydrogen-bond acceptors (Lipinski definition) is 4. The summed E-state index contributed by atoms with van der Waals surface area (Å²) in [7, 11) is 1.58. The molecule has 0 aromatic carbocycles. The molecule has 1 heterocycles. The lowest BCUT2D eigenvalue weighted by atomic mass is 10.1. The third-order valence-corrected chi connectivity index (χ3v) is 3.08. The molecule has 3 N–H and O–H groups in total. The third kappa shape index (κ3) is 4.74. The van der Waals surface area contributed by atoms with Crippen LogP contribution in [0.3, 0.4) is 0 Å². The first kappa shape index (κ1) is 15.2. The fourth-order valence-electron chi connectivity index (χ4n) is 2.09. The van der Waals surface area contributed by atoms with Crippen LogP contribution in [0.1, 0.15) is 12.8 Å². The summed E-state index contributed by atoms with van der Waals surface area (Å²) in [5.74, 6) is -2.46. The van der Waals surface area contributed by atoms with Crippen LogP contribution in [0.4, 0.5) is 4.79 Å². The summed E-state index contributed by atoms with van der Waals surface area (Å²) in [4.78, 5) is 35.7. The van der Waals surface area contributed by atoms with Gasteiger partial charge in [0.2, 0.25) is 0 Å². The van der Waals surface area contributed by atoms with E-state index in [0.717, 1.165) is 30.8 Å². The molecule has 0 saturated carbocycles. The molecule has 0 atom stereocenters. The maximum absolute atomic E-state index is 12.1. The van der Waals surface area contributed by atoms with Crippen molar-refractivity contribution >= 4 is 18.0 Å². The second kappa shape index (κ2) is 6.93. The molecule has 1 saturated heterocycles. The van der Waals surface area contributed by atoms with E-state index < -0.39 is 31.1 Å². The highest BCUT2D eigenvalue weighted by Crippen LogP contribution is 2.12. The van der Waals surface area contributed by atoms with Crippen LogP contribution in [0.5, 0.6) is 0 Å². The van der Waals surface area contributed by atoms with Crippen molar-refractivity contribution in [1.82, 2.24) is 15.1 Å². The van der Waals surface area contributed by atoms with Gasteiger partial charge >= 0.3 is 18.0 Å². The maximum atomic E-state index is 12.1. The Labute approximate surface area is 111 Å². The third-order valence-electron chi connectivity index (χ3n) is 3.08. The molecule has 0 spiro atoms. The Morgan fingerprint density at radius 2 is 1.58 bits per heavy atom. The number of amides is 2. The highest BCUT2D eigenvalue weighted by atomic mass is 16.4. The summed E-state index contributed by atoms with van der Waals surface area (Å²) in [5.41, 5.74) is 0. The van der Waals surface area contributed by atoms with E-state index in [4.69, 9.17) is 10.2 Å². The van der Waals surface area contributed by atoms with Crippen molar-refractivity contribution in [2.45, 2.75) is 18.9 Å². The number of urea groups is 1. The van der Waals surface area contributed by atoms with E-state index in [9.17, 15) is 14.4 Å². The summed E-state index contributed by atoms with van der Waals surface area (Å²) in [6.45, 7) is 0.362.